The van der Waals surface area contributed by atoms with Crippen molar-refractivity contribution in [1.82, 2.24) is 14.7 Å². The Hall–Kier alpha value is -3.35. The molecule has 0 atom stereocenters. The van der Waals surface area contributed by atoms with Crippen LogP contribution in [-0.4, -0.2) is 80.0 Å². The highest BCUT2D eigenvalue weighted by molar-refractivity contribution is 5.87. The molecule has 0 spiro atoms. The van der Waals surface area contributed by atoms with Gasteiger partial charge in [0.2, 0.25) is 11.8 Å². The second-order valence-corrected chi connectivity index (χ2v) is 7.82. The van der Waals surface area contributed by atoms with Crippen molar-refractivity contribution in [2.45, 2.75) is 12.8 Å². The van der Waals surface area contributed by atoms with Crippen LogP contribution in [0.4, 0.5) is 4.79 Å². The van der Waals surface area contributed by atoms with Crippen LogP contribution in [0.1, 0.15) is 24.0 Å². The highest BCUT2D eigenvalue weighted by Crippen LogP contribution is 2.44. The minimum absolute atomic E-state index is 0.0261. The first-order chi connectivity index (χ1) is 14.8. The lowest BCUT2D eigenvalue weighted by atomic mass is 9.98. The summed E-state index contributed by atoms with van der Waals surface area (Å²) < 4.78 is 5.56. The van der Waals surface area contributed by atoms with Gasteiger partial charge >= 0.3 is 6.09 Å². The van der Waals surface area contributed by atoms with Crippen LogP contribution in [0.2, 0.25) is 0 Å². The second-order valence-electron chi connectivity index (χ2n) is 7.82. The van der Waals surface area contributed by atoms with Crippen molar-refractivity contribution < 1.29 is 19.1 Å². The molecule has 2 aromatic rings. The average molecular weight is 424 g/mol. The first-order valence-electron chi connectivity index (χ1n) is 10.4. The Morgan fingerprint density at radius 1 is 0.774 bits per heavy atom. The number of carbonyl (C=O) groups is 3. The summed E-state index contributed by atoms with van der Waals surface area (Å²) in [5, 5.41) is 0. The van der Waals surface area contributed by atoms with E-state index in [0.29, 0.717) is 6.54 Å². The molecule has 0 saturated heterocycles. The van der Waals surface area contributed by atoms with Crippen LogP contribution in [0, 0.1) is 0 Å². The van der Waals surface area contributed by atoms with E-state index in [0.717, 1.165) is 22.3 Å². The maximum atomic E-state index is 12.5. The Balaban J connectivity index is 1.57. The van der Waals surface area contributed by atoms with Gasteiger partial charge in [0, 0.05) is 33.6 Å². The van der Waals surface area contributed by atoms with E-state index in [1.165, 1.54) is 16.8 Å². The molecule has 0 fully saturated rings. The summed E-state index contributed by atoms with van der Waals surface area (Å²) in [4.78, 5) is 41.0. The van der Waals surface area contributed by atoms with Gasteiger partial charge in [0.25, 0.3) is 0 Å². The molecule has 2 aromatic carbocycles. The molecular weight excluding hydrogens is 394 g/mol. The van der Waals surface area contributed by atoms with Gasteiger partial charge in [0.15, 0.2) is 0 Å². The first kappa shape index (κ1) is 22.3. The molecule has 3 rings (SSSR count). The summed E-state index contributed by atoms with van der Waals surface area (Å²) in [5.41, 5.74) is 4.58. The van der Waals surface area contributed by atoms with Gasteiger partial charge in [0.1, 0.15) is 13.2 Å². The van der Waals surface area contributed by atoms with Crippen LogP contribution >= 0.6 is 0 Å². The van der Waals surface area contributed by atoms with E-state index in [1.54, 1.807) is 19.0 Å². The predicted octanol–water partition coefficient (Wildman–Crippen LogP) is 2.80. The second kappa shape index (κ2) is 9.64. The van der Waals surface area contributed by atoms with Crippen molar-refractivity contribution >= 4 is 17.9 Å². The van der Waals surface area contributed by atoms with Crippen LogP contribution in [-0.2, 0) is 14.3 Å². The molecule has 0 N–H and O–H groups in total. The zero-order valence-corrected chi connectivity index (χ0v) is 18.5. The summed E-state index contributed by atoms with van der Waals surface area (Å²) in [6.45, 7) is 2.45. The van der Waals surface area contributed by atoms with Gasteiger partial charge in [-0.25, -0.2) is 4.79 Å². The summed E-state index contributed by atoms with van der Waals surface area (Å²) in [5.74, 6) is -0.513. The number of nitrogens with zero attached hydrogens (tertiary/aromatic N) is 3. The number of hydrogen-bond donors (Lipinski definition) is 0. The summed E-state index contributed by atoms with van der Waals surface area (Å²) in [6, 6.07) is 16.2. The summed E-state index contributed by atoms with van der Waals surface area (Å²) in [6.07, 6.45) is -0.569. The molecule has 7 nitrogen and oxygen atoms in total. The van der Waals surface area contributed by atoms with Crippen molar-refractivity contribution in [2.24, 2.45) is 0 Å². The molecule has 1 aliphatic rings. The molecule has 0 saturated carbocycles. The van der Waals surface area contributed by atoms with Crippen molar-refractivity contribution in [2.75, 3.05) is 47.4 Å². The van der Waals surface area contributed by atoms with Gasteiger partial charge < -0.3 is 19.4 Å². The normalized spacial score (nSPS) is 12.0. The minimum atomic E-state index is -0.569. The molecule has 31 heavy (non-hydrogen) atoms. The van der Waals surface area contributed by atoms with E-state index in [9.17, 15) is 14.4 Å². The van der Waals surface area contributed by atoms with E-state index in [1.807, 2.05) is 31.2 Å². The highest BCUT2D eigenvalue weighted by atomic mass is 16.6. The third-order valence-corrected chi connectivity index (χ3v) is 5.72. The van der Waals surface area contributed by atoms with Crippen molar-refractivity contribution in [3.05, 3.63) is 59.7 Å². The van der Waals surface area contributed by atoms with E-state index >= 15 is 0 Å². The van der Waals surface area contributed by atoms with Gasteiger partial charge in [-0.05, 0) is 29.2 Å². The van der Waals surface area contributed by atoms with Crippen molar-refractivity contribution in [3.8, 4) is 11.1 Å². The molecule has 3 amide bonds. The third-order valence-electron chi connectivity index (χ3n) is 5.72. The van der Waals surface area contributed by atoms with E-state index in [4.69, 9.17) is 4.74 Å². The quantitative estimate of drug-likeness (QED) is 0.687. The Morgan fingerprint density at radius 3 is 1.81 bits per heavy atom. The van der Waals surface area contributed by atoms with Gasteiger partial charge in [-0.3, -0.25) is 9.59 Å². The number of amides is 3. The van der Waals surface area contributed by atoms with Crippen molar-refractivity contribution in [1.29, 1.82) is 0 Å². The van der Waals surface area contributed by atoms with Gasteiger partial charge in [-0.15, -0.1) is 0 Å². The maximum absolute atomic E-state index is 12.5. The fourth-order valence-corrected chi connectivity index (χ4v) is 3.68. The molecule has 164 valence electrons. The van der Waals surface area contributed by atoms with Gasteiger partial charge in [0.05, 0.1) is 6.54 Å². The highest BCUT2D eigenvalue weighted by Gasteiger charge is 2.29. The van der Waals surface area contributed by atoms with E-state index in [-0.39, 0.29) is 37.4 Å². The van der Waals surface area contributed by atoms with Gasteiger partial charge in [-0.2, -0.15) is 0 Å². The topological polar surface area (TPSA) is 70.2 Å². The lowest BCUT2D eigenvalue weighted by Crippen LogP contribution is -2.44. The monoisotopic (exact) mass is 423 g/mol. The van der Waals surface area contributed by atoms with E-state index < -0.39 is 6.09 Å². The van der Waals surface area contributed by atoms with Crippen LogP contribution in [0.3, 0.4) is 0 Å². The molecule has 7 heteroatoms. The van der Waals surface area contributed by atoms with E-state index in [2.05, 4.69) is 24.3 Å². The Labute approximate surface area is 183 Å². The van der Waals surface area contributed by atoms with Gasteiger partial charge in [-0.1, -0.05) is 48.5 Å². The Bertz CT molecular complexity index is 929. The number of carbonyl (C=O) groups excluding carboxylic acids is 3. The largest absolute Gasteiger partial charge is 0.448 e. The number of ether oxygens (including phenoxy) is 1. The zero-order chi connectivity index (χ0) is 22.5. The van der Waals surface area contributed by atoms with Crippen LogP contribution in [0.25, 0.3) is 11.1 Å². The fourth-order valence-electron chi connectivity index (χ4n) is 3.68. The first-order valence-corrected chi connectivity index (χ1v) is 10.4. The minimum Gasteiger partial charge on any atom is -0.448 e. The molecule has 0 bridgehead atoms. The molecular formula is C24H29N3O4. The lowest BCUT2D eigenvalue weighted by Gasteiger charge is -2.24. The number of benzene rings is 2. The molecule has 0 aliphatic heterocycles. The smallest absolute Gasteiger partial charge is 0.409 e. The molecule has 0 radical (unpaired) electrons. The van der Waals surface area contributed by atoms with Crippen LogP contribution in [0.15, 0.2) is 48.5 Å². The Morgan fingerprint density at radius 2 is 1.26 bits per heavy atom. The zero-order valence-electron chi connectivity index (χ0n) is 18.5. The molecule has 0 unspecified atom stereocenters. The van der Waals surface area contributed by atoms with Crippen LogP contribution in [0.5, 0.6) is 0 Å². The number of hydrogen-bond acceptors (Lipinski definition) is 4. The number of fused-ring (bicyclic) bond motifs is 3. The van der Waals surface area contributed by atoms with Crippen molar-refractivity contribution in [3.63, 3.8) is 0 Å². The molecule has 0 aromatic heterocycles. The number of likely N-dealkylation sites (N-methyl/N-ethyl adjacent to an activating group) is 3. The summed E-state index contributed by atoms with van der Waals surface area (Å²) in [7, 11) is 4.75. The fraction of sp³-hybridized carbons (Fsp3) is 0.375. The number of rotatable bonds is 7. The molecule has 1 aliphatic carbocycles. The molecule has 0 heterocycles. The average Bonchev–Trinajstić information content (AvgIpc) is 3.10. The summed E-state index contributed by atoms with van der Waals surface area (Å²) >= 11 is 0. The predicted molar refractivity (Wildman–Crippen MR) is 119 cm³/mol. The third kappa shape index (κ3) is 4.87. The van der Waals surface area contributed by atoms with Crippen LogP contribution < -0.4 is 0 Å². The maximum Gasteiger partial charge on any atom is 0.409 e. The lowest BCUT2D eigenvalue weighted by molar-refractivity contribution is -0.138. The Kier molecular flexibility index (Phi) is 6.95. The standard InChI is InChI=1S/C24H29N3O4/c1-5-25(2)22(28)14-26(3)23(29)15-27(4)24(30)31-16-21-19-12-8-6-10-17(19)18-11-7-9-13-20(18)21/h6-13,21H,5,14-16H2,1-4H3. The SMILES string of the molecule is CCN(C)C(=O)CN(C)C(=O)CN(C)C(=O)OCC1c2ccccc2-c2ccccc21.